The third kappa shape index (κ3) is 1.22. The second-order valence-electron chi connectivity index (χ2n) is 4.13. The fraction of sp³-hybridized carbons (Fsp3) is 0.636. The van der Waals surface area contributed by atoms with Crippen molar-refractivity contribution in [1.82, 2.24) is 0 Å². The van der Waals surface area contributed by atoms with Crippen LogP contribution in [0.15, 0.2) is 23.8 Å². The van der Waals surface area contributed by atoms with Crippen molar-refractivity contribution in [3.63, 3.8) is 0 Å². The molecule has 0 unspecified atom stereocenters. The van der Waals surface area contributed by atoms with E-state index in [-0.39, 0.29) is 0 Å². The Morgan fingerprint density at radius 1 is 1.58 bits per heavy atom. The smallest absolute Gasteiger partial charge is 0.0719 e. The van der Waals surface area contributed by atoms with Crippen LogP contribution in [0.25, 0.3) is 0 Å². The second kappa shape index (κ2) is 2.74. The van der Waals surface area contributed by atoms with Crippen molar-refractivity contribution in [3.8, 4) is 0 Å². The van der Waals surface area contributed by atoms with E-state index in [1.807, 2.05) is 6.92 Å². The first-order chi connectivity index (χ1) is 5.70. The topological polar surface area (TPSA) is 20.2 Å². The van der Waals surface area contributed by atoms with Crippen molar-refractivity contribution in [2.45, 2.75) is 38.2 Å². The van der Waals surface area contributed by atoms with E-state index in [9.17, 15) is 5.11 Å². The van der Waals surface area contributed by atoms with Crippen LogP contribution in [0.3, 0.4) is 0 Å². The molecule has 0 radical (unpaired) electrons. The fourth-order valence-electron chi connectivity index (χ4n) is 2.35. The molecule has 2 aliphatic carbocycles. The van der Waals surface area contributed by atoms with Crippen molar-refractivity contribution in [3.05, 3.63) is 23.8 Å². The lowest BCUT2D eigenvalue weighted by molar-refractivity contribution is 0.00763. The molecule has 1 N–H and O–H groups in total. The highest BCUT2D eigenvalue weighted by Crippen LogP contribution is 2.39. The maximum atomic E-state index is 10.1. The minimum absolute atomic E-state index is 0.306. The van der Waals surface area contributed by atoms with Crippen LogP contribution < -0.4 is 0 Å². The molecular weight excluding hydrogens is 148 g/mol. The van der Waals surface area contributed by atoms with Gasteiger partial charge in [-0.2, -0.15) is 0 Å². The Kier molecular flexibility index (Phi) is 1.84. The Hall–Kier alpha value is -0.560. The summed E-state index contributed by atoms with van der Waals surface area (Å²) in [6.45, 7) is 1.96. The first-order valence-corrected chi connectivity index (χ1v) is 4.78. The Bertz CT molecular complexity index is 235. The van der Waals surface area contributed by atoms with Crippen LogP contribution in [0.1, 0.15) is 32.6 Å². The van der Waals surface area contributed by atoms with Gasteiger partial charge >= 0.3 is 0 Å². The number of rotatable bonds is 0. The maximum Gasteiger partial charge on any atom is 0.0719 e. The third-order valence-electron chi connectivity index (χ3n) is 3.06. The first kappa shape index (κ1) is 8.06. The highest BCUT2D eigenvalue weighted by atomic mass is 16.3. The molecule has 12 heavy (non-hydrogen) atoms. The molecule has 0 aromatic rings. The maximum absolute atomic E-state index is 10.1. The second-order valence-corrected chi connectivity index (χ2v) is 4.13. The first-order valence-electron chi connectivity index (χ1n) is 4.78. The lowest BCUT2D eigenvalue weighted by Crippen LogP contribution is -2.38. The van der Waals surface area contributed by atoms with Crippen molar-refractivity contribution >= 4 is 0 Å². The van der Waals surface area contributed by atoms with Crippen LogP contribution >= 0.6 is 0 Å². The quantitative estimate of drug-likeness (QED) is 0.545. The molecular formula is C11H16O. The molecule has 2 rings (SSSR count). The molecule has 1 heteroatoms. The number of fused-ring (bicyclic) bond motifs is 1. The molecule has 1 fully saturated rings. The lowest BCUT2D eigenvalue weighted by atomic mass is 9.71. The molecule has 66 valence electrons. The molecule has 1 nitrogen and oxygen atoms in total. The summed E-state index contributed by atoms with van der Waals surface area (Å²) in [6, 6.07) is 0. The van der Waals surface area contributed by atoms with Gasteiger partial charge in [0.25, 0.3) is 0 Å². The predicted octanol–water partition coefficient (Wildman–Crippen LogP) is 2.42. The van der Waals surface area contributed by atoms with E-state index in [0.717, 1.165) is 19.3 Å². The van der Waals surface area contributed by atoms with E-state index in [1.165, 1.54) is 12.0 Å². The Morgan fingerprint density at radius 2 is 2.42 bits per heavy atom. The van der Waals surface area contributed by atoms with E-state index < -0.39 is 5.60 Å². The zero-order valence-electron chi connectivity index (χ0n) is 7.59. The van der Waals surface area contributed by atoms with Gasteiger partial charge in [0.1, 0.15) is 0 Å². The largest absolute Gasteiger partial charge is 0.389 e. The molecule has 0 bridgehead atoms. The van der Waals surface area contributed by atoms with Gasteiger partial charge in [-0.1, -0.05) is 23.8 Å². The molecule has 2 atom stereocenters. The van der Waals surface area contributed by atoms with Crippen LogP contribution in [-0.2, 0) is 0 Å². The fourth-order valence-corrected chi connectivity index (χ4v) is 2.35. The molecule has 0 heterocycles. The summed E-state index contributed by atoms with van der Waals surface area (Å²) in [5, 5.41) is 10.1. The molecule has 0 aliphatic heterocycles. The number of aliphatic hydroxyl groups is 1. The predicted molar refractivity (Wildman–Crippen MR) is 49.8 cm³/mol. The van der Waals surface area contributed by atoms with E-state index in [2.05, 4.69) is 18.2 Å². The SMILES string of the molecule is C[C@]1(O)CCCC2=CCC=C[C@@H]21. The van der Waals surface area contributed by atoms with Crippen molar-refractivity contribution < 1.29 is 5.11 Å². The Balaban J connectivity index is 2.27. The van der Waals surface area contributed by atoms with E-state index in [1.54, 1.807) is 0 Å². The summed E-state index contributed by atoms with van der Waals surface area (Å²) < 4.78 is 0. The van der Waals surface area contributed by atoms with Gasteiger partial charge in [0.2, 0.25) is 0 Å². The molecule has 1 saturated carbocycles. The zero-order chi connectivity index (χ0) is 8.60. The molecule has 0 spiro atoms. The van der Waals surface area contributed by atoms with Gasteiger partial charge in [0.05, 0.1) is 5.60 Å². The van der Waals surface area contributed by atoms with Crippen molar-refractivity contribution in [2.24, 2.45) is 5.92 Å². The van der Waals surface area contributed by atoms with Crippen LogP contribution in [-0.4, -0.2) is 10.7 Å². The van der Waals surface area contributed by atoms with Crippen LogP contribution in [0.5, 0.6) is 0 Å². The molecule has 0 saturated heterocycles. The van der Waals surface area contributed by atoms with Gasteiger partial charge in [-0.25, -0.2) is 0 Å². The molecule has 0 aromatic heterocycles. The van der Waals surface area contributed by atoms with Crippen LogP contribution in [0.2, 0.25) is 0 Å². The average Bonchev–Trinajstić information content (AvgIpc) is 2.04. The van der Waals surface area contributed by atoms with E-state index in [4.69, 9.17) is 0 Å². The summed E-state index contributed by atoms with van der Waals surface area (Å²) in [7, 11) is 0. The summed E-state index contributed by atoms with van der Waals surface area (Å²) in [6.07, 6.45) is 10.9. The standard InChI is InChI=1S/C11H16O/c1-11(12)8-4-6-9-5-2-3-7-10(9)11/h3,5,7,10,12H,2,4,6,8H2,1H3/t10-,11-/m0/s1. The summed E-state index contributed by atoms with van der Waals surface area (Å²) in [5.41, 5.74) is 0.967. The minimum atomic E-state index is -0.485. The monoisotopic (exact) mass is 164 g/mol. The van der Waals surface area contributed by atoms with Gasteiger partial charge in [0.15, 0.2) is 0 Å². The van der Waals surface area contributed by atoms with Crippen molar-refractivity contribution in [1.29, 1.82) is 0 Å². The van der Waals surface area contributed by atoms with Gasteiger partial charge < -0.3 is 5.11 Å². The van der Waals surface area contributed by atoms with Crippen LogP contribution in [0, 0.1) is 5.92 Å². The Labute approximate surface area is 73.8 Å². The Morgan fingerprint density at radius 3 is 3.17 bits per heavy atom. The highest BCUT2D eigenvalue weighted by Gasteiger charge is 2.36. The van der Waals surface area contributed by atoms with Crippen molar-refractivity contribution in [2.75, 3.05) is 0 Å². The summed E-state index contributed by atoms with van der Waals surface area (Å²) >= 11 is 0. The van der Waals surface area contributed by atoms with Crippen LogP contribution in [0.4, 0.5) is 0 Å². The van der Waals surface area contributed by atoms with Gasteiger partial charge in [-0.05, 0) is 32.6 Å². The number of hydrogen-bond acceptors (Lipinski definition) is 1. The average molecular weight is 164 g/mol. The molecule has 0 amide bonds. The lowest BCUT2D eigenvalue weighted by Gasteiger charge is -2.38. The number of hydrogen-bond donors (Lipinski definition) is 1. The van der Waals surface area contributed by atoms with E-state index >= 15 is 0 Å². The zero-order valence-corrected chi connectivity index (χ0v) is 7.59. The van der Waals surface area contributed by atoms with Gasteiger partial charge in [0, 0.05) is 5.92 Å². The highest BCUT2D eigenvalue weighted by molar-refractivity contribution is 5.25. The summed E-state index contributed by atoms with van der Waals surface area (Å²) in [5.74, 6) is 0.306. The van der Waals surface area contributed by atoms with Gasteiger partial charge in [-0.3, -0.25) is 0 Å². The van der Waals surface area contributed by atoms with Gasteiger partial charge in [-0.15, -0.1) is 0 Å². The minimum Gasteiger partial charge on any atom is -0.389 e. The molecule has 2 aliphatic rings. The number of allylic oxidation sites excluding steroid dienone is 2. The summed E-state index contributed by atoms with van der Waals surface area (Å²) in [4.78, 5) is 0. The molecule has 0 aromatic carbocycles. The normalized spacial score (nSPS) is 40.5. The van der Waals surface area contributed by atoms with E-state index in [0.29, 0.717) is 5.92 Å². The third-order valence-corrected chi connectivity index (χ3v) is 3.06.